The van der Waals surface area contributed by atoms with Gasteiger partial charge in [0, 0.05) is 34.6 Å². The van der Waals surface area contributed by atoms with E-state index in [-0.39, 0.29) is 23.1 Å². The van der Waals surface area contributed by atoms with E-state index in [1.807, 2.05) is 0 Å². The summed E-state index contributed by atoms with van der Waals surface area (Å²) >= 11 is 0.750. The number of carbonyl (C=O) groups excluding carboxylic acids is 2. The fourth-order valence-electron chi connectivity index (χ4n) is 2.81. The van der Waals surface area contributed by atoms with Crippen LogP contribution < -0.4 is 18.9 Å². The Kier molecular flexibility index (Phi) is 15.2. The van der Waals surface area contributed by atoms with Crippen molar-refractivity contribution in [2.45, 2.75) is 41.5 Å². The number of ether oxygens (including phenoxy) is 4. The number of hydrogen-bond donors (Lipinski definition) is 2. The SMILES string of the molecule is COc1cc(OC)cc(/C(O)=C/C(=O)C(C)(C)C)c1.COc1ccc(OC)c(/C(O)=C/C(=O)C(C)(C)C)c1.[O]=[Ti]. The average molecular weight is 593 g/mol. The zero-order valence-corrected chi connectivity index (χ0v) is 26.4. The van der Waals surface area contributed by atoms with Gasteiger partial charge in [-0.3, -0.25) is 9.59 Å². The molecule has 40 heavy (non-hydrogen) atoms. The van der Waals surface area contributed by atoms with Crippen LogP contribution >= 0.6 is 0 Å². The number of carbonyl (C=O) groups is 2. The molecule has 0 amide bonds. The molecule has 9 nitrogen and oxygen atoms in total. The predicted octanol–water partition coefficient (Wildman–Crippen LogP) is 6.31. The van der Waals surface area contributed by atoms with Crippen LogP contribution in [-0.4, -0.2) is 50.2 Å². The third-order valence-corrected chi connectivity index (χ3v) is 5.34. The van der Waals surface area contributed by atoms with Gasteiger partial charge < -0.3 is 29.2 Å². The topological polar surface area (TPSA) is 129 Å². The van der Waals surface area contributed by atoms with Gasteiger partial charge in [-0.15, -0.1) is 0 Å². The van der Waals surface area contributed by atoms with E-state index in [1.54, 1.807) is 77.9 Å². The maximum absolute atomic E-state index is 11.9. The Hall–Kier alpha value is -3.43. The number of hydrogen-bond acceptors (Lipinski definition) is 9. The summed E-state index contributed by atoms with van der Waals surface area (Å²) in [5.41, 5.74) is -0.162. The molecule has 0 spiro atoms. The molecule has 0 saturated heterocycles. The Labute approximate surface area is 248 Å². The van der Waals surface area contributed by atoms with Crippen molar-refractivity contribution in [3.05, 3.63) is 59.7 Å². The van der Waals surface area contributed by atoms with Gasteiger partial charge in [0.05, 0.1) is 34.0 Å². The van der Waals surface area contributed by atoms with Gasteiger partial charge in [0.25, 0.3) is 0 Å². The fraction of sp³-hybridized carbons (Fsp3) is 0.400. The van der Waals surface area contributed by atoms with E-state index in [9.17, 15) is 19.8 Å². The molecular weight excluding hydrogens is 552 g/mol. The van der Waals surface area contributed by atoms with E-state index in [2.05, 4.69) is 0 Å². The molecule has 2 N–H and O–H groups in total. The summed E-state index contributed by atoms with van der Waals surface area (Å²) in [6.45, 7) is 10.8. The van der Waals surface area contributed by atoms with Gasteiger partial charge in [-0.1, -0.05) is 41.5 Å². The summed E-state index contributed by atoms with van der Waals surface area (Å²) in [6.07, 6.45) is 2.45. The van der Waals surface area contributed by atoms with Crippen LogP contribution in [0, 0.1) is 10.8 Å². The molecule has 0 aliphatic rings. The Balaban J connectivity index is 0.000000716. The molecule has 0 saturated carbocycles. The molecule has 0 aromatic heterocycles. The molecule has 0 heterocycles. The van der Waals surface area contributed by atoms with Crippen LogP contribution in [0.2, 0.25) is 0 Å². The summed E-state index contributed by atoms with van der Waals surface area (Å²) in [4.78, 5) is 23.8. The molecule has 2 aromatic carbocycles. The minimum absolute atomic E-state index is 0.0999. The number of allylic oxidation sites excluding steroid dienone is 2. The quantitative estimate of drug-likeness (QED) is 0.206. The molecule has 218 valence electrons. The molecule has 0 aliphatic heterocycles. The molecule has 0 fully saturated rings. The van der Waals surface area contributed by atoms with E-state index in [0.29, 0.717) is 34.1 Å². The standard InChI is InChI=1S/2C15H20O4.O.Ti/c1-15(2,3)14(17)9-13(16)10-6-11(18-4)8-12(7-10)19-5;1-15(2,3)14(17)9-12(16)11-8-10(18-4)6-7-13(11)19-5;;/h2*6-9,16H,1-5H3;;/b13-9-;12-9-;;. The van der Waals surface area contributed by atoms with Gasteiger partial charge in [-0.05, 0) is 30.3 Å². The van der Waals surface area contributed by atoms with E-state index in [4.69, 9.17) is 22.3 Å². The number of aliphatic hydroxyl groups is 2. The second-order valence-electron chi connectivity index (χ2n) is 10.5. The monoisotopic (exact) mass is 592 g/mol. The Morgan fingerprint density at radius 3 is 1.45 bits per heavy atom. The first-order valence-corrected chi connectivity index (χ1v) is 12.8. The number of ketones is 2. The fourth-order valence-corrected chi connectivity index (χ4v) is 2.81. The Morgan fingerprint density at radius 1 is 0.650 bits per heavy atom. The first-order valence-electron chi connectivity index (χ1n) is 12.1. The van der Waals surface area contributed by atoms with Crippen LogP contribution in [-0.2, 0) is 33.3 Å². The van der Waals surface area contributed by atoms with Crippen molar-refractivity contribution in [1.82, 2.24) is 0 Å². The number of aliphatic hydroxyl groups excluding tert-OH is 2. The summed E-state index contributed by atoms with van der Waals surface area (Å²) in [7, 11) is 6.09. The van der Waals surface area contributed by atoms with Crippen LogP contribution in [0.4, 0.5) is 0 Å². The molecule has 0 aliphatic carbocycles. The van der Waals surface area contributed by atoms with Crippen LogP contribution in [0.3, 0.4) is 0 Å². The van der Waals surface area contributed by atoms with Crippen molar-refractivity contribution in [3.8, 4) is 23.0 Å². The van der Waals surface area contributed by atoms with Crippen molar-refractivity contribution in [2.75, 3.05) is 28.4 Å². The zero-order chi connectivity index (χ0) is 31.3. The minimum atomic E-state index is -0.542. The zero-order valence-electron chi connectivity index (χ0n) is 24.9. The first-order chi connectivity index (χ1) is 18.6. The van der Waals surface area contributed by atoms with Crippen LogP contribution in [0.15, 0.2) is 48.6 Å². The summed E-state index contributed by atoms with van der Waals surface area (Å²) < 4.78 is 28.7. The Morgan fingerprint density at radius 2 is 1.07 bits per heavy atom. The van der Waals surface area contributed by atoms with Crippen LogP contribution in [0.25, 0.3) is 11.5 Å². The Bertz CT molecular complexity index is 1180. The van der Waals surface area contributed by atoms with Gasteiger partial charge >= 0.3 is 23.7 Å². The van der Waals surface area contributed by atoms with Gasteiger partial charge in [0.2, 0.25) is 0 Å². The second-order valence-corrected chi connectivity index (χ2v) is 10.5. The van der Waals surface area contributed by atoms with Gasteiger partial charge in [-0.2, -0.15) is 0 Å². The van der Waals surface area contributed by atoms with Crippen molar-refractivity contribution >= 4 is 23.1 Å². The number of methoxy groups -OCH3 is 4. The molecule has 2 rings (SSSR count). The molecular formula is C30H40O9Ti. The number of rotatable bonds is 8. The van der Waals surface area contributed by atoms with Gasteiger partial charge in [-0.25, -0.2) is 0 Å². The van der Waals surface area contributed by atoms with Crippen molar-refractivity contribution < 1.29 is 62.5 Å². The van der Waals surface area contributed by atoms with Crippen LogP contribution in [0.5, 0.6) is 23.0 Å². The van der Waals surface area contributed by atoms with E-state index >= 15 is 0 Å². The van der Waals surface area contributed by atoms with Gasteiger partial charge in [0.15, 0.2) is 11.6 Å². The first kappa shape index (κ1) is 36.6. The summed E-state index contributed by atoms with van der Waals surface area (Å²) in [6, 6.07) is 10.0. The van der Waals surface area contributed by atoms with Crippen molar-refractivity contribution in [3.63, 3.8) is 0 Å². The second kappa shape index (κ2) is 16.6. The van der Waals surface area contributed by atoms with Gasteiger partial charge in [0.1, 0.15) is 34.5 Å². The summed E-state index contributed by atoms with van der Waals surface area (Å²) in [5, 5.41) is 20.1. The number of benzene rings is 2. The third-order valence-electron chi connectivity index (χ3n) is 5.34. The predicted molar refractivity (Wildman–Crippen MR) is 150 cm³/mol. The van der Waals surface area contributed by atoms with Crippen molar-refractivity contribution in [2.24, 2.45) is 10.8 Å². The molecule has 10 heteroatoms. The molecule has 0 radical (unpaired) electrons. The average Bonchev–Trinajstić information content (AvgIpc) is 2.92. The van der Waals surface area contributed by atoms with E-state index < -0.39 is 10.8 Å². The normalized spacial score (nSPS) is 11.6. The third kappa shape index (κ3) is 11.8. The maximum atomic E-state index is 11.9. The molecule has 0 unspecified atom stereocenters. The van der Waals surface area contributed by atoms with Crippen LogP contribution in [0.1, 0.15) is 52.7 Å². The molecule has 0 atom stereocenters. The summed E-state index contributed by atoms with van der Waals surface area (Å²) in [5.74, 6) is 1.64. The van der Waals surface area contributed by atoms with E-state index in [0.717, 1.165) is 20.4 Å². The van der Waals surface area contributed by atoms with Crippen molar-refractivity contribution in [1.29, 1.82) is 0 Å². The molecule has 0 bridgehead atoms. The van der Waals surface area contributed by atoms with E-state index in [1.165, 1.54) is 40.6 Å². The molecule has 2 aromatic rings.